The molecule has 1 aliphatic carbocycles. The predicted molar refractivity (Wildman–Crippen MR) is 198 cm³/mol. The topological polar surface area (TPSA) is 52.8 Å². The first kappa shape index (κ1) is 30.2. The average Bonchev–Trinajstić information content (AvgIpc) is 3.40. The number of hydrogen-bond acceptors (Lipinski definition) is 5. The maximum atomic E-state index is 14.3. The van der Waals surface area contributed by atoms with E-state index in [1.165, 1.54) is 22.3 Å². The molecular formula is C39H28ClIN2O3S. The van der Waals surface area contributed by atoms with Crippen LogP contribution in [0.4, 0.5) is 0 Å². The Morgan fingerprint density at radius 3 is 2.64 bits per heavy atom. The third-order valence-electron chi connectivity index (χ3n) is 8.87. The van der Waals surface area contributed by atoms with Crippen molar-refractivity contribution in [3.8, 4) is 11.5 Å². The summed E-state index contributed by atoms with van der Waals surface area (Å²) in [4.78, 5) is 20.1. The Labute approximate surface area is 294 Å². The Morgan fingerprint density at radius 2 is 1.77 bits per heavy atom. The summed E-state index contributed by atoms with van der Waals surface area (Å²) in [6, 6.07) is 34.4. The summed E-state index contributed by atoms with van der Waals surface area (Å²) in [5.41, 5.74) is 7.25. The van der Waals surface area contributed by atoms with Crippen LogP contribution >= 0.6 is 45.5 Å². The van der Waals surface area contributed by atoms with E-state index < -0.39 is 0 Å². The van der Waals surface area contributed by atoms with Crippen molar-refractivity contribution in [2.24, 2.45) is 4.99 Å². The molecule has 0 N–H and O–H groups in total. The number of fused-ring (bicyclic) bond motifs is 4. The zero-order valence-corrected chi connectivity index (χ0v) is 29.1. The maximum absolute atomic E-state index is 14.3. The molecule has 0 radical (unpaired) electrons. The van der Waals surface area contributed by atoms with Gasteiger partial charge in [0.15, 0.2) is 16.3 Å². The molecule has 0 saturated heterocycles. The van der Waals surface area contributed by atoms with Crippen LogP contribution in [-0.4, -0.2) is 11.7 Å². The Kier molecular flexibility index (Phi) is 7.99. The highest BCUT2D eigenvalue weighted by atomic mass is 127. The van der Waals surface area contributed by atoms with E-state index in [0.717, 1.165) is 55.3 Å². The summed E-state index contributed by atoms with van der Waals surface area (Å²) in [5.74, 6) is 1.28. The van der Waals surface area contributed by atoms with Gasteiger partial charge >= 0.3 is 0 Å². The lowest BCUT2D eigenvalue weighted by Gasteiger charge is -2.31. The fraction of sp³-hybridized carbons (Fsp3) is 0.128. The zero-order chi connectivity index (χ0) is 32.1. The van der Waals surface area contributed by atoms with E-state index >= 15 is 0 Å². The highest BCUT2D eigenvalue weighted by Crippen LogP contribution is 2.43. The van der Waals surface area contributed by atoms with Gasteiger partial charge in [-0.25, -0.2) is 4.99 Å². The number of aryl methyl sites for hydroxylation is 1. The van der Waals surface area contributed by atoms with E-state index in [1.54, 1.807) is 7.11 Å². The van der Waals surface area contributed by atoms with Gasteiger partial charge in [-0.05, 0) is 98.3 Å². The smallest absolute Gasteiger partial charge is 0.271 e. The van der Waals surface area contributed by atoms with E-state index in [1.807, 2.05) is 65.2 Å². The minimum absolute atomic E-state index is 0.0886. The fourth-order valence-electron chi connectivity index (χ4n) is 6.68. The lowest BCUT2D eigenvalue weighted by atomic mass is 9.83. The van der Waals surface area contributed by atoms with E-state index in [2.05, 4.69) is 71.1 Å². The van der Waals surface area contributed by atoms with Crippen molar-refractivity contribution in [3.05, 3.63) is 165 Å². The van der Waals surface area contributed by atoms with E-state index in [-0.39, 0.29) is 11.6 Å². The van der Waals surface area contributed by atoms with E-state index in [4.69, 9.17) is 26.1 Å². The maximum Gasteiger partial charge on any atom is 0.271 e. The molecule has 0 saturated carbocycles. The monoisotopic (exact) mass is 766 g/mol. The van der Waals surface area contributed by atoms with Crippen LogP contribution in [0.2, 0.25) is 5.02 Å². The van der Waals surface area contributed by atoms with Gasteiger partial charge in [0.25, 0.3) is 5.56 Å². The van der Waals surface area contributed by atoms with Gasteiger partial charge in [-0.3, -0.25) is 9.36 Å². The van der Waals surface area contributed by atoms with Crippen molar-refractivity contribution >= 4 is 68.1 Å². The van der Waals surface area contributed by atoms with Crippen molar-refractivity contribution in [2.75, 3.05) is 7.11 Å². The Balaban J connectivity index is 1.21. The van der Waals surface area contributed by atoms with Crippen LogP contribution in [0.15, 0.2) is 118 Å². The summed E-state index contributed by atoms with van der Waals surface area (Å²) in [6.45, 7) is 0.404. The molecule has 5 aromatic carbocycles. The highest BCUT2D eigenvalue weighted by Gasteiger charge is 2.33. The lowest BCUT2D eigenvalue weighted by molar-refractivity contribution is 0.283. The van der Waals surface area contributed by atoms with Crippen LogP contribution in [0.5, 0.6) is 11.5 Å². The molecule has 0 bridgehead atoms. The molecule has 0 amide bonds. The fourth-order valence-corrected chi connectivity index (χ4v) is 8.70. The van der Waals surface area contributed by atoms with Gasteiger partial charge in [0.1, 0.15) is 6.61 Å². The normalized spacial score (nSPS) is 15.6. The highest BCUT2D eigenvalue weighted by molar-refractivity contribution is 14.1. The molecule has 2 aliphatic rings. The van der Waals surface area contributed by atoms with Crippen LogP contribution in [0.3, 0.4) is 0 Å². The summed E-state index contributed by atoms with van der Waals surface area (Å²) >= 11 is 10.5. The number of nitrogens with zero attached hydrogens (tertiary/aromatic N) is 2. The molecule has 0 unspecified atom stereocenters. The molecule has 47 heavy (non-hydrogen) atoms. The molecule has 1 aliphatic heterocycles. The molecule has 8 heteroatoms. The Bertz CT molecular complexity index is 2420. The number of hydrogen-bond donors (Lipinski definition) is 0. The zero-order valence-electron chi connectivity index (χ0n) is 25.4. The van der Waals surface area contributed by atoms with Crippen LogP contribution in [0, 0.1) is 3.57 Å². The summed E-state index contributed by atoms with van der Waals surface area (Å²) in [5, 5.41) is 2.98. The number of aromatic nitrogens is 1. The van der Waals surface area contributed by atoms with Crippen molar-refractivity contribution < 1.29 is 9.47 Å². The Morgan fingerprint density at radius 1 is 0.979 bits per heavy atom. The summed E-state index contributed by atoms with van der Waals surface area (Å²) < 4.78 is 15.5. The second-order valence-corrected chi connectivity index (χ2v) is 14.2. The quantitative estimate of drug-likeness (QED) is 0.160. The third-order valence-corrected chi connectivity index (χ3v) is 11.0. The number of halogens is 2. The van der Waals surface area contributed by atoms with Gasteiger partial charge in [0.2, 0.25) is 0 Å². The van der Waals surface area contributed by atoms with E-state index in [0.29, 0.717) is 32.5 Å². The number of thiazole rings is 1. The Hall–Kier alpha value is -4.18. The summed E-state index contributed by atoms with van der Waals surface area (Å²) in [6.07, 6.45) is 3.62. The number of methoxy groups -OCH3 is 1. The van der Waals surface area contributed by atoms with Crippen molar-refractivity contribution in [1.82, 2.24) is 4.57 Å². The summed E-state index contributed by atoms with van der Waals surface area (Å²) in [7, 11) is 1.64. The predicted octanol–water partition coefficient (Wildman–Crippen LogP) is 8.32. The van der Waals surface area contributed by atoms with Crippen LogP contribution in [-0.2, 0) is 13.0 Å². The van der Waals surface area contributed by atoms with Gasteiger partial charge in [-0.15, -0.1) is 0 Å². The molecule has 0 fully saturated rings. The van der Waals surface area contributed by atoms with Crippen molar-refractivity contribution in [1.29, 1.82) is 0 Å². The first-order chi connectivity index (χ1) is 23.0. The molecule has 5 nitrogen and oxygen atoms in total. The van der Waals surface area contributed by atoms with Crippen LogP contribution in [0.1, 0.15) is 40.3 Å². The minimum Gasteiger partial charge on any atom is -0.493 e. The molecular weight excluding hydrogens is 739 g/mol. The first-order valence-corrected chi connectivity index (χ1v) is 17.6. The molecule has 232 valence electrons. The molecule has 0 spiro atoms. The van der Waals surface area contributed by atoms with Crippen LogP contribution in [0.25, 0.3) is 22.5 Å². The van der Waals surface area contributed by atoms with Gasteiger partial charge in [0.05, 0.1) is 27.0 Å². The standard InChI is InChI=1S/C39H28ClIN2O3S/c1-45-33-20-23(19-32(41)37(33)46-22-26-12-8-11-24-9-2-4-13-27(24)26)21-34-38(44)43-36(29-15-6-7-16-31(29)40)30-18-17-25-10-3-5-14-28(25)35(30)42-39(43)47-34/h2-16,19-21,36H,17-18,22H2,1H3/b34-21+/t36-/m0/s1. The van der Waals surface area contributed by atoms with Gasteiger partial charge in [-0.1, -0.05) is 108 Å². The number of ether oxygens (including phenoxy) is 2. The van der Waals surface area contributed by atoms with Crippen molar-refractivity contribution in [3.63, 3.8) is 0 Å². The molecule has 8 rings (SSSR count). The number of benzene rings is 5. The molecule has 1 atom stereocenters. The molecule has 2 heterocycles. The molecule has 6 aromatic rings. The number of rotatable bonds is 6. The van der Waals surface area contributed by atoms with Gasteiger partial charge in [0, 0.05) is 10.6 Å². The SMILES string of the molecule is COc1cc(/C=c2/sc3n(c2=O)[C@@H](c2ccccc2Cl)C2=C(N=3)c3ccccc3CC2)cc(I)c1OCc1cccc2ccccc12. The minimum atomic E-state index is -0.329. The second-order valence-electron chi connectivity index (χ2n) is 11.6. The van der Waals surface area contributed by atoms with Crippen LogP contribution < -0.4 is 24.4 Å². The third kappa shape index (κ3) is 5.40. The van der Waals surface area contributed by atoms with Gasteiger partial charge in [-0.2, -0.15) is 0 Å². The largest absolute Gasteiger partial charge is 0.493 e. The second kappa shape index (κ2) is 12.4. The lowest BCUT2D eigenvalue weighted by Crippen LogP contribution is -2.38. The first-order valence-electron chi connectivity index (χ1n) is 15.3. The molecule has 1 aromatic heterocycles. The van der Waals surface area contributed by atoms with E-state index in [9.17, 15) is 4.79 Å². The van der Waals surface area contributed by atoms with Gasteiger partial charge < -0.3 is 9.47 Å². The van der Waals surface area contributed by atoms with Crippen molar-refractivity contribution in [2.45, 2.75) is 25.5 Å². The number of allylic oxidation sites excluding steroid dienone is 1. The average molecular weight is 767 g/mol.